The third kappa shape index (κ3) is 3.33. The second kappa shape index (κ2) is 6.22. The van der Waals surface area contributed by atoms with Crippen LogP contribution in [0.1, 0.15) is 12.8 Å². The van der Waals surface area contributed by atoms with Crippen LogP contribution >= 0.6 is 11.6 Å². The summed E-state index contributed by atoms with van der Waals surface area (Å²) < 4.78 is 12.9. The average molecular weight is 257 g/mol. The Morgan fingerprint density at radius 1 is 1.35 bits per heavy atom. The fourth-order valence-corrected chi connectivity index (χ4v) is 2.46. The van der Waals surface area contributed by atoms with Gasteiger partial charge in [0.25, 0.3) is 0 Å². The molecule has 0 aromatic heterocycles. The van der Waals surface area contributed by atoms with Crippen molar-refractivity contribution in [2.75, 3.05) is 30.4 Å². The molecule has 0 bridgehead atoms. The molecule has 0 amide bonds. The van der Waals surface area contributed by atoms with E-state index in [1.54, 1.807) is 0 Å². The van der Waals surface area contributed by atoms with E-state index in [2.05, 4.69) is 10.2 Å². The fraction of sp³-hybridized carbons (Fsp3) is 0.538. The summed E-state index contributed by atoms with van der Waals surface area (Å²) in [4.78, 5) is 2.35. The van der Waals surface area contributed by atoms with Crippen molar-refractivity contribution in [3.63, 3.8) is 0 Å². The number of benzene rings is 1. The summed E-state index contributed by atoms with van der Waals surface area (Å²) in [5, 5.41) is 3.40. The van der Waals surface area contributed by atoms with E-state index in [1.165, 1.54) is 12.1 Å². The Hall–Kier alpha value is -0.800. The molecule has 1 aromatic rings. The highest BCUT2D eigenvalue weighted by Gasteiger charge is 2.21. The van der Waals surface area contributed by atoms with Gasteiger partial charge in [-0.3, -0.25) is 0 Å². The van der Waals surface area contributed by atoms with Crippen molar-refractivity contribution in [3.8, 4) is 0 Å². The van der Waals surface area contributed by atoms with E-state index in [-0.39, 0.29) is 5.82 Å². The summed E-state index contributed by atoms with van der Waals surface area (Å²) >= 11 is 5.75. The molecule has 0 aliphatic carbocycles. The third-order valence-electron chi connectivity index (χ3n) is 3.18. The van der Waals surface area contributed by atoms with Gasteiger partial charge in [-0.05, 0) is 37.1 Å². The lowest BCUT2D eigenvalue weighted by Gasteiger charge is -2.38. The average Bonchev–Trinajstić information content (AvgIpc) is 2.38. The number of piperazine rings is 1. The molecule has 94 valence electrons. The van der Waals surface area contributed by atoms with Gasteiger partial charge >= 0.3 is 0 Å². The van der Waals surface area contributed by atoms with Crippen molar-refractivity contribution in [2.24, 2.45) is 0 Å². The van der Waals surface area contributed by atoms with Crippen molar-refractivity contribution in [3.05, 3.63) is 30.1 Å². The van der Waals surface area contributed by atoms with Gasteiger partial charge in [0.05, 0.1) is 0 Å². The second-order valence-corrected chi connectivity index (χ2v) is 4.74. The first-order valence-electron chi connectivity index (χ1n) is 6.10. The fourth-order valence-electron chi connectivity index (χ4n) is 2.30. The molecule has 1 N–H and O–H groups in total. The molecule has 0 saturated carbocycles. The van der Waals surface area contributed by atoms with Crippen LogP contribution < -0.4 is 10.2 Å². The summed E-state index contributed by atoms with van der Waals surface area (Å²) in [5.74, 6) is 0.523. The van der Waals surface area contributed by atoms with Crippen molar-refractivity contribution in [2.45, 2.75) is 18.9 Å². The Bertz CT molecular complexity index is 342. The van der Waals surface area contributed by atoms with Crippen molar-refractivity contribution in [1.82, 2.24) is 5.32 Å². The Kier molecular flexibility index (Phi) is 4.63. The molecule has 1 heterocycles. The van der Waals surface area contributed by atoms with Crippen molar-refractivity contribution < 1.29 is 4.39 Å². The predicted octanol–water partition coefficient (Wildman–Crippen LogP) is 2.62. The molecule has 1 aliphatic rings. The largest absolute Gasteiger partial charge is 0.366 e. The highest BCUT2D eigenvalue weighted by atomic mass is 35.5. The molecule has 0 radical (unpaired) electrons. The topological polar surface area (TPSA) is 15.3 Å². The highest BCUT2D eigenvalue weighted by Crippen LogP contribution is 2.21. The maximum atomic E-state index is 12.9. The SMILES string of the molecule is Fc1ccc(N2CCNCC2CCCCl)cc1. The van der Waals surface area contributed by atoms with Gasteiger partial charge in [-0.15, -0.1) is 11.6 Å². The van der Waals surface area contributed by atoms with Gasteiger partial charge < -0.3 is 10.2 Å². The number of alkyl halides is 1. The van der Waals surface area contributed by atoms with Crippen LogP contribution in [0, 0.1) is 5.82 Å². The van der Waals surface area contributed by atoms with E-state index in [4.69, 9.17) is 11.6 Å². The maximum Gasteiger partial charge on any atom is 0.123 e. The van der Waals surface area contributed by atoms with Crippen LogP contribution in [-0.2, 0) is 0 Å². The molecule has 1 aromatic carbocycles. The molecule has 1 atom stereocenters. The van der Waals surface area contributed by atoms with E-state index >= 15 is 0 Å². The van der Waals surface area contributed by atoms with E-state index in [1.807, 2.05) is 12.1 Å². The molecule has 0 spiro atoms. The monoisotopic (exact) mass is 256 g/mol. The number of nitrogens with zero attached hydrogens (tertiary/aromatic N) is 1. The molecular weight excluding hydrogens is 239 g/mol. The van der Waals surface area contributed by atoms with Crippen LogP contribution in [0.4, 0.5) is 10.1 Å². The molecule has 17 heavy (non-hydrogen) atoms. The van der Waals surface area contributed by atoms with Crippen LogP contribution in [0.15, 0.2) is 24.3 Å². The molecule has 1 saturated heterocycles. The molecular formula is C13H18ClFN2. The number of nitrogens with one attached hydrogen (secondary N) is 1. The summed E-state index contributed by atoms with van der Waals surface area (Å²) in [6.07, 6.45) is 2.10. The number of hydrogen-bond donors (Lipinski definition) is 1. The van der Waals surface area contributed by atoms with Crippen LogP contribution in [0.25, 0.3) is 0 Å². The Morgan fingerprint density at radius 2 is 2.12 bits per heavy atom. The zero-order valence-corrected chi connectivity index (χ0v) is 10.6. The summed E-state index contributed by atoms with van der Waals surface area (Å²) in [7, 11) is 0. The van der Waals surface area contributed by atoms with Crippen LogP contribution in [0.5, 0.6) is 0 Å². The van der Waals surface area contributed by atoms with Gasteiger partial charge in [-0.25, -0.2) is 4.39 Å². The van der Waals surface area contributed by atoms with Gasteiger partial charge in [-0.1, -0.05) is 0 Å². The second-order valence-electron chi connectivity index (χ2n) is 4.36. The lowest BCUT2D eigenvalue weighted by molar-refractivity contribution is 0.451. The summed E-state index contributed by atoms with van der Waals surface area (Å²) in [6, 6.07) is 7.22. The van der Waals surface area contributed by atoms with Crippen LogP contribution in [0.2, 0.25) is 0 Å². The smallest absolute Gasteiger partial charge is 0.123 e. The maximum absolute atomic E-state index is 12.9. The lowest BCUT2D eigenvalue weighted by Crippen LogP contribution is -2.51. The van der Waals surface area contributed by atoms with E-state index < -0.39 is 0 Å². The number of anilines is 1. The lowest BCUT2D eigenvalue weighted by atomic mass is 10.1. The zero-order valence-electron chi connectivity index (χ0n) is 9.83. The number of halogens is 2. The van der Waals surface area contributed by atoms with Crippen LogP contribution in [-0.4, -0.2) is 31.6 Å². The minimum atomic E-state index is -0.179. The summed E-state index contributed by atoms with van der Waals surface area (Å²) in [5.41, 5.74) is 1.10. The summed E-state index contributed by atoms with van der Waals surface area (Å²) in [6.45, 7) is 2.93. The van der Waals surface area contributed by atoms with E-state index in [9.17, 15) is 4.39 Å². The third-order valence-corrected chi connectivity index (χ3v) is 3.45. The van der Waals surface area contributed by atoms with Crippen molar-refractivity contribution >= 4 is 17.3 Å². The molecule has 4 heteroatoms. The Morgan fingerprint density at radius 3 is 2.82 bits per heavy atom. The highest BCUT2D eigenvalue weighted by molar-refractivity contribution is 6.17. The standard InChI is InChI=1S/C13H18ClFN2/c14-7-1-2-13-10-16-8-9-17(13)12-5-3-11(15)4-6-12/h3-6,13,16H,1-2,7-10H2. The van der Waals surface area contributed by atoms with Gasteiger partial charge in [0.1, 0.15) is 5.82 Å². The zero-order chi connectivity index (χ0) is 12.1. The van der Waals surface area contributed by atoms with Crippen molar-refractivity contribution in [1.29, 1.82) is 0 Å². The van der Waals surface area contributed by atoms with E-state index in [0.717, 1.165) is 38.2 Å². The van der Waals surface area contributed by atoms with Gasteiger partial charge in [-0.2, -0.15) is 0 Å². The minimum Gasteiger partial charge on any atom is -0.366 e. The first-order valence-corrected chi connectivity index (χ1v) is 6.63. The Balaban J connectivity index is 2.07. The van der Waals surface area contributed by atoms with Crippen LogP contribution in [0.3, 0.4) is 0 Å². The van der Waals surface area contributed by atoms with Gasteiger partial charge in [0.2, 0.25) is 0 Å². The first-order chi connectivity index (χ1) is 8.31. The molecule has 2 nitrogen and oxygen atoms in total. The first kappa shape index (κ1) is 12.7. The number of rotatable bonds is 4. The Labute approximate surface area is 107 Å². The number of hydrogen-bond acceptors (Lipinski definition) is 2. The van der Waals surface area contributed by atoms with Gasteiger partial charge in [0.15, 0.2) is 0 Å². The van der Waals surface area contributed by atoms with Gasteiger partial charge in [0, 0.05) is 37.2 Å². The minimum absolute atomic E-state index is 0.179. The van der Waals surface area contributed by atoms with E-state index in [0.29, 0.717) is 11.9 Å². The molecule has 1 aliphatic heterocycles. The normalized spacial score (nSPS) is 20.6. The molecule has 1 fully saturated rings. The molecule has 2 rings (SSSR count). The molecule has 1 unspecified atom stereocenters. The predicted molar refractivity (Wildman–Crippen MR) is 70.4 cm³/mol. The quantitative estimate of drug-likeness (QED) is 0.834.